The molecule has 1 amide bonds. The SMILES string of the molecule is O=C(Nc1ccccc1S(=O)(=O)F)c1cccc(O)c1. The van der Waals surface area contributed by atoms with Crippen LogP contribution in [0.1, 0.15) is 10.4 Å². The summed E-state index contributed by atoms with van der Waals surface area (Å²) in [6, 6.07) is 10.6. The molecule has 104 valence electrons. The third-order valence-corrected chi connectivity index (χ3v) is 3.39. The minimum atomic E-state index is -4.93. The summed E-state index contributed by atoms with van der Waals surface area (Å²) >= 11 is 0. The molecule has 0 atom stereocenters. The van der Waals surface area contributed by atoms with Gasteiger partial charge in [0, 0.05) is 5.56 Å². The molecule has 0 fully saturated rings. The average molecular weight is 295 g/mol. The summed E-state index contributed by atoms with van der Waals surface area (Å²) in [5, 5.41) is 11.6. The van der Waals surface area contributed by atoms with Crippen LogP contribution in [-0.4, -0.2) is 19.4 Å². The summed E-state index contributed by atoms with van der Waals surface area (Å²) in [6.07, 6.45) is 0. The van der Waals surface area contributed by atoms with Crippen LogP contribution in [0.2, 0.25) is 0 Å². The molecule has 2 rings (SSSR count). The van der Waals surface area contributed by atoms with E-state index in [2.05, 4.69) is 5.32 Å². The van der Waals surface area contributed by atoms with Gasteiger partial charge in [0.25, 0.3) is 5.91 Å². The molecule has 0 heterocycles. The standard InChI is InChI=1S/C13H10FNO4S/c14-20(18,19)12-7-2-1-6-11(12)15-13(17)9-4-3-5-10(16)8-9/h1-8,16H,(H,15,17). The number of nitrogens with one attached hydrogen (secondary N) is 1. The number of benzene rings is 2. The zero-order valence-electron chi connectivity index (χ0n) is 10.1. The van der Waals surface area contributed by atoms with Crippen LogP contribution in [0, 0.1) is 0 Å². The summed E-state index contributed by atoms with van der Waals surface area (Å²) in [4.78, 5) is 11.3. The van der Waals surface area contributed by atoms with Gasteiger partial charge in [0.2, 0.25) is 0 Å². The van der Waals surface area contributed by atoms with Crippen molar-refractivity contribution >= 4 is 21.8 Å². The molecule has 2 N–H and O–H groups in total. The minimum absolute atomic E-state index is 0.107. The van der Waals surface area contributed by atoms with E-state index in [4.69, 9.17) is 0 Å². The van der Waals surface area contributed by atoms with Crippen molar-refractivity contribution in [2.24, 2.45) is 0 Å². The highest BCUT2D eigenvalue weighted by molar-refractivity contribution is 7.86. The Hall–Kier alpha value is -2.41. The molecule has 7 heteroatoms. The van der Waals surface area contributed by atoms with E-state index in [0.29, 0.717) is 0 Å². The van der Waals surface area contributed by atoms with E-state index in [1.807, 2.05) is 0 Å². The van der Waals surface area contributed by atoms with Gasteiger partial charge in [-0.15, -0.1) is 3.89 Å². The van der Waals surface area contributed by atoms with Crippen molar-refractivity contribution in [1.82, 2.24) is 0 Å². The molecule has 0 aromatic heterocycles. The topological polar surface area (TPSA) is 83.5 Å². The lowest BCUT2D eigenvalue weighted by Crippen LogP contribution is -2.13. The van der Waals surface area contributed by atoms with Gasteiger partial charge >= 0.3 is 10.2 Å². The highest BCUT2D eigenvalue weighted by Crippen LogP contribution is 2.23. The van der Waals surface area contributed by atoms with Crippen molar-refractivity contribution in [3.63, 3.8) is 0 Å². The van der Waals surface area contributed by atoms with Crippen LogP contribution in [0.5, 0.6) is 5.75 Å². The number of aromatic hydroxyl groups is 1. The summed E-state index contributed by atoms with van der Waals surface area (Å²) < 4.78 is 35.0. The maximum Gasteiger partial charge on any atom is 0.334 e. The smallest absolute Gasteiger partial charge is 0.334 e. The van der Waals surface area contributed by atoms with Crippen LogP contribution >= 0.6 is 0 Å². The number of rotatable bonds is 3. The Labute approximate surface area is 114 Å². The fourth-order valence-electron chi connectivity index (χ4n) is 1.62. The van der Waals surface area contributed by atoms with E-state index < -0.39 is 21.0 Å². The highest BCUT2D eigenvalue weighted by atomic mass is 32.3. The lowest BCUT2D eigenvalue weighted by atomic mass is 10.2. The minimum Gasteiger partial charge on any atom is -0.508 e. The van der Waals surface area contributed by atoms with Crippen LogP contribution in [0.3, 0.4) is 0 Å². The lowest BCUT2D eigenvalue weighted by Gasteiger charge is -2.08. The molecular weight excluding hydrogens is 285 g/mol. The number of phenolic OH excluding ortho intramolecular Hbond substituents is 1. The Kier molecular flexibility index (Phi) is 3.71. The molecule has 0 aliphatic carbocycles. The summed E-state index contributed by atoms with van der Waals surface area (Å²) in [7, 11) is -4.93. The Morgan fingerprint density at radius 1 is 1.10 bits per heavy atom. The van der Waals surface area contributed by atoms with Crippen LogP contribution in [0.15, 0.2) is 53.4 Å². The molecule has 0 aliphatic rings. The molecule has 0 spiro atoms. The third-order valence-electron chi connectivity index (χ3n) is 2.51. The fourth-order valence-corrected chi connectivity index (χ4v) is 2.25. The molecule has 0 unspecified atom stereocenters. The lowest BCUT2D eigenvalue weighted by molar-refractivity contribution is 0.102. The number of carbonyl (C=O) groups is 1. The maximum atomic E-state index is 13.1. The first-order chi connectivity index (χ1) is 9.38. The van der Waals surface area contributed by atoms with Crippen LogP contribution in [0.25, 0.3) is 0 Å². The second kappa shape index (κ2) is 5.30. The monoisotopic (exact) mass is 295 g/mol. The van der Waals surface area contributed by atoms with Crippen LogP contribution in [0.4, 0.5) is 9.57 Å². The van der Waals surface area contributed by atoms with Gasteiger partial charge < -0.3 is 10.4 Å². The first-order valence-corrected chi connectivity index (χ1v) is 6.90. The van der Waals surface area contributed by atoms with Crippen molar-refractivity contribution in [1.29, 1.82) is 0 Å². The number of hydrogen-bond donors (Lipinski definition) is 2. The van der Waals surface area contributed by atoms with Crippen molar-refractivity contribution in [3.05, 3.63) is 54.1 Å². The molecule has 5 nitrogen and oxygen atoms in total. The van der Waals surface area contributed by atoms with Gasteiger partial charge in [0.05, 0.1) is 5.69 Å². The van der Waals surface area contributed by atoms with E-state index in [-0.39, 0.29) is 17.0 Å². The summed E-state index contributed by atoms with van der Waals surface area (Å²) in [5.74, 6) is -0.763. The Balaban J connectivity index is 2.34. The molecule has 0 saturated heterocycles. The number of hydrogen-bond acceptors (Lipinski definition) is 4. The van der Waals surface area contributed by atoms with E-state index in [0.717, 1.165) is 6.07 Å². The predicted molar refractivity (Wildman–Crippen MR) is 70.8 cm³/mol. The first-order valence-electron chi connectivity index (χ1n) is 5.52. The molecule has 0 radical (unpaired) electrons. The Bertz CT molecular complexity index is 758. The molecule has 0 bridgehead atoms. The van der Waals surface area contributed by atoms with Gasteiger partial charge in [-0.3, -0.25) is 4.79 Å². The van der Waals surface area contributed by atoms with E-state index in [9.17, 15) is 22.2 Å². The summed E-state index contributed by atoms with van der Waals surface area (Å²) in [6.45, 7) is 0. The number of halogens is 1. The second-order valence-electron chi connectivity index (χ2n) is 3.94. The Morgan fingerprint density at radius 3 is 2.45 bits per heavy atom. The van der Waals surface area contributed by atoms with Gasteiger partial charge in [0.15, 0.2) is 0 Å². The number of para-hydroxylation sites is 1. The first kappa shape index (κ1) is 14.0. The van der Waals surface area contributed by atoms with Crippen LogP contribution in [-0.2, 0) is 10.2 Å². The fraction of sp³-hybridized carbons (Fsp3) is 0. The zero-order chi connectivity index (χ0) is 14.8. The average Bonchev–Trinajstić information content (AvgIpc) is 2.38. The van der Waals surface area contributed by atoms with Crippen LogP contribution < -0.4 is 5.32 Å². The zero-order valence-corrected chi connectivity index (χ0v) is 10.9. The van der Waals surface area contributed by atoms with Gasteiger partial charge in [-0.05, 0) is 30.3 Å². The van der Waals surface area contributed by atoms with E-state index in [1.54, 1.807) is 0 Å². The van der Waals surface area contributed by atoms with E-state index in [1.165, 1.54) is 42.5 Å². The number of anilines is 1. The third kappa shape index (κ3) is 3.12. The molecule has 0 saturated carbocycles. The van der Waals surface area contributed by atoms with Crippen molar-refractivity contribution in [2.75, 3.05) is 5.32 Å². The highest BCUT2D eigenvalue weighted by Gasteiger charge is 2.18. The largest absolute Gasteiger partial charge is 0.508 e. The van der Waals surface area contributed by atoms with Crippen molar-refractivity contribution in [3.8, 4) is 5.75 Å². The van der Waals surface area contributed by atoms with Crippen molar-refractivity contribution in [2.45, 2.75) is 4.90 Å². The van der Waals surface area contributed by atoms with Crippen molar-refractivity contribution < 1.29 is 22.2 Å². The van der Waals surface area contributed by atoms with E-state index >= 15 is 0 Å². The van der Waals surface area contributed by atoms with Gasteiger partial charge in [-0.2, -0.15) is 8.42 Å². The normalized spacial score (nSPS) is 11.1. The van der Waals surface area contributed by atoms with Gasteiger partial charge in [-0.1, -0.05) is 18.2 Å². The quantitative estimate of drug-likeness (QED) is 0.851. The summed E-state index contributed by atoms with van der Waals surface area (Å²) in [5.41, 5.74) is -0.0422. The van der Waals surface area contributed by atoms with Gasteiger partial charge in [-0.25, -0.2) is 0 Å². The number of amides is 1. The molecular formula is C13H10FNO4S. The predicted octanol–water partition coefficient (Wildman–Crippen LogP) is 2.30. The second-order valence-corrected chi connectivity index (χ2v) is 5.25. The molecule has 0 aliphatic heterocycles. The number of phenols is 1. The maximum absolute atomic E-state index is 13.1. The number of carbonyl (C=O) groups excluding carboxylic acids is 1. The van der Waals surface area contributed by atoms with Gasteiger partial charge in [0.1, 0.15) is 10.6 Å². The Morgan fingerprint density at radius 2 is 1.80 bits per heavy atom. The molecule has 20 heavy (non-hydrogen) atoms. The molecule has 2 aromatic rings. The molecule has 2 aromatic carbocycles.